The molecule has 1 aliphatic rings. The fourth-order valence-electron chi connectivity index (χ4n) is 2.53. The number of hydrogen-bond acceptors (Lipinski definition) is 2. The van der Waals surface area contributed by atoms with Crippen LogP contribution in [0.1, 0.15) is 22.8 Å². The molecule has 0 bridgehead atoms. The van der Waals surface area contributed by atoms with Crippen LogP contribution in [0, 0.1) is 6.92 Å². The molecule has 0 radical (unpaired) electrons. The molecule has 0 amide bonds. The summed E-state index contributed by atoms with van der Waals surface area (Å²) in [5.74, 6) is 0. The molecule has 0 aromatic heterocycles. The predicted molar refractivity (Wildman–Crippen MR) is 76.5 cm³/mol. The number of aryl methyl sites for hydroxylation is 1. The summed E-state index contributed by atoms with van der Waals surface area (Å²) >= 11 is 0. The molecule has 2 aromatic rings. The Kier molecular flexibility index (Phi) is 3.25. The van der Waals surface area contributed by atoms with E-state index in [9.17, 15) is 9.32 Å². The summed E-state index contributed by atoms with van der Waals surface area (Å²) in [4.78, 5) is 0.874. The van der Waals surface area contributed by atoms with E-state index in [0.717, 1.165) is 21.6 Å². The lowest BCUT2D eigenvalue weighted by atomic mass is 10.0. The van der Waals surface area contributed by atoms with E-state index in [0.29, 0.717) is 6.42 Å². The van der Waals surface area contributed by atoms with E-state index in [1.807, 2.05) is 55.5 Å². The summed E-state index contributed by atoms with van der Waals surface area (Å²) in [5, 5.41) is 10.2. The number of benzene rings is 2. The molecule has 1 unspecified atom stereocenters. The molecular formula is C16H16O2S. The van der Waals surface area contributed by atoms with E-state index in [1.165, 1.54) is 0 Å². The minimum absolute atomic E-state index is 0.236. The Morgan fingerprint density at radius 3 is 2.53 bits per heavy atom. The minimum atomic E-state index is -1.12. The highest BCUT2D eigenvalue weighted by atomic mass is 32.2. The van der Waals surface area contributed by atoms with Crippen LogP contribution in [-0.4, -0.2) is 14.6 Å². The molecule has 98 valence electrons. The van der Waals surface area contributed by atoms with Crippen LogP contribution >= 0.6 is 0 Å². The molecule has 0 saturated carbocycles. The molecule has 3 rings (SSSR count). The van der Waals surface area contributed by atoms with Gasteiger partial charge in [0.15, 0.2) is 0 Å². The molecule has 1 aliphatic heterocycles. The first-order chi connectivity index (χ1) is 9.16. The largest absolute Gasteiger partial charge is 0.387 e. The minimum Gasteiger partial charge on any atom is -0.387 e. The highest BCUT2D eigenvalue weighted by molar-refractivity contribution is 7.86. The van der Waals surface area contributed by atoms with Crippen molar-refractivity contribution < 1.29 is 9.32 Å². The quantitative estimate of drug-likeness (QED) is 0.912. The molecule has 3 heteroatoms. The second-order valence-corrected chi connectivity index (χ2v) is 6.64. The van der Waals surface area contributed by atoms with Gasteiger partial charge in [-0.1, -0.05) is 48.0 Å². The molecule has 2 nitrogen and oxygen atoms in total. The Morgan fingerprint density at radius 2 is 1.84 bits per heavy atom. The summed E-state index contributed by atoms with van der Waals surface area (Å²) in [6.07, 6.45) is 0.00602. The maximum absolute atomic E-state index is 12.4. The van der Waals surface area contributed by atoms with Gasteiger partial charge in [-0.15, -0.1) is 0 Å². The lowest BCUT2D eigenvalue weighted by Crippen LogP contribution is -2.21. The highest BCUT2D eigenvalue weighted by Gasteiger charge is 2.34. The van der Waals surface area contributed by atoms with Crippen LogP contribution in [0.3, 0.4) is 0 Å². The normalized spacial score (nSPS) is 23.1. The summed E-state index contributed by atoms with van der Waals surface area (Å²) in [6, 6.07) is 15.5. The van der Waals surface area contributed by atoms with Crippen molar-refractivity contribution in [3.63, 3.8) is 0 Å². The van der Waals surface area contributed by atoms with Gasteiger partial charge >= 0.3 is 0 Å². The van der Waals surface area contributed by atoms with Crippen molar-refractivity contribution in [1.82, 2.24) is 0 Å². The van der Waals surface area contributed by atoms with Gasteiger partial charge in [0.25, 0.3) is 0 Å². The van der Waals surface area contributed by atoms with Crippen molar-refractivity contribution in [2.45, 2.75) is 29.6 Å². The Bertz CT molecular complexity index is 619. The van der Waals surface area contributed by atoms with Crippen molar-refractivity contribution in [2.75, 3.05) is 0 Å². The van der Waals surface area contributed by atoms with Crippen LogP contribution in [0.15, 0.2) is 53.4 Å². The van der Waals surface area contributed by atoms with Crippen LogP contribution in [0.5, 0.6) is 0 Å². The fourth-order valence-corrected chi connectivity index (χ4v) is 4.20. The van der Waals surface area contributed by atoms with E-state index >= 15 is 0 Å². The third-order valence-electron chi connectivity index (χ3n) is 3.66. The van der Waals surface area contributed by atoms with Gasteiger partial charge in [-0.05, 0) is 30.5 Å². The molecule has 0 fully saturated rings. The van der Waals surface area contributed by atoms with Crippen molar-refractivity contribution in [1.29, 1.82) is 0 Å². The van der Waals surface area contributed by atoms with Gasteiger partial charge in [0.2, 0.25) is 0 Å². The maximum atomic E-state index is 12.4. The van der Waals surface area contributed by atoms with Crippen molar-refractivity contribution in [3.8, 4) is 0 Å². The average molecular weight is 272 g/mol. The topological polar surface area (TPSA) is 37.3 Å². The van der Waals surface area contributed by atoms with Crippen molar-refractivity contribution >= 4 is 10.8 Å². The zero-order valence-electron chi connectivity index (χ0n) is 10.7. The van der Waals surface area contributed by atoms with Gasteiger partial charge in [-0.2, -0.15) is 0 Å². The van der Waals surface area contributed by atoms with Crippen LogP contribution < -0.4 is 0 Å². The van der Waals surface area contributed by atoms with E-state index in [1.54, 1.807) is 0 Å². The maximum Gasteiger partial charge on any atom is 0.0940 e. The number of hydrogen-bond donors (Lipinski definition) is 1. The molecule has 0 saturated heterocycles. The first-order valence-electron chi connectivity index (χ1n) is 6.40. The molecule has 3 atom stereocenters. The first kappa shape index (κ1) is 12.6. The van der Waals surface area contributed by atoms with E-state index < -0.39 is 16.9 Å². The van der Waals surface area contributed by atoms with Crippen LogP contribution in [0.2, 0.25) is 0 Å². The second kappa shape index (κ2) is 4.91. The van der Waals surface area contributed by atoms with Gasteiger partial charge < -0.3 is 5.11 Å². The number of aliphatic hydroxyl groups excluding tert-OH is 1. The molecule has 0 spiro atoms. The Morgan fingerprint density at radius 1 is 1.16 bits per heavy atom. The molecular weight excluding hydrogens is 256 g/mol. The van der Waals surface area contributed by atoms with Crippen molar-refractivity contribution in [2.24, 2.45) is 0 Å². The van der Waals surface area contributed by atoms with Crippen LogP contribution in [0.4, 0.5) is 0 Å². The fraction of sp³-hybridized carbons (Fsp3) is 0.250. The molecule has 1 N–H and O–H groups in total. The zero-order chi connectivity index (χ0) is 13.4. The summed E-state index contributed by atoms with van der Waals surface area (Å²) in [7, 11) is -1.12. The second-order valence-electron chi connectivity index (χ2n) is 5.00. The van der Waals surface area contributed by atoms with E-state index in [4.69, 9.17) is 0 Å². The van der Waals surface area contributed by atoms with Crippen LogP contribution in [0.25, 0.3) is 0 Å². The summed E-state index contributed by atoms with van der Waals surface area (Å²) in [5.41, 5.74) is 3.10. The van der Waals surface area contributed by atoms with Gasteiger partial charge in [0.05, 0.1) is 22.2 Å². The average Bonchev–Trinajstić information content (AvgIpc) is 2.77. The SMILES string of the molecule is Cc1ccc([C@H](O)[C@@H]2Cc3ccccc3S2=O)cc1. The van der Waals surface area contributed by atoms with Gasteiger partial charge in [0, 0.05) is 4.90 Å². The smallest absolute Gasteiger partial charge is 0.0940 e. The van der Waals surface area contributed by atoms with Gasteiger partial charge in [-0.3, -0.25) is 4.21 Å². The Labute approximate surface area is 115 Å². The lowest BCUT2D eigenvalue weighted by molar-refractivity contribution is 0.173. The molecule has 0 aliphatic carbocycles. The molecule has 2 aromatic carbocycles. The number of aliphatic hydroxyl groups is 1. The monoisotopic (exact) mass is 272 g/mol. The van der Waals surface area contributed by atoms with Crippen molar-refractivity contribution in [3.05, 3.63) is 65.2 Å². The van der Waals surface area contributed by atoms with Crippen LogP contribution in [-0.2, 0) is 17.2 Å². The predicted octanol–water partition coefficient (Wildman–Crippen LogP) is 2.76. The third kappa shape index (κ3) is 2.24. The summed E-state index contributed by atoms with van der Waals surface area (Å²) in [6.45, 7) is 2.01. The van der Waals surface area contributed by atoms with E-state index in [2.05, 4.69) is 0 Å². The lowest BCUT2D eigenvalue weighted by Gasteiger charge is -2.17. The Balaban J connectivity index is 1.89. The van der Waals surface area contributed by atoms with E-state index in [-0.39, 0.29) is 5.25 Å². The highest BCUT2D eigenvalue weighted by Crippen LogP contribution is 2.34. The Hall–Kier alpha value is -1.45. The van der Waals surface area contributed by atoms with Gasteiger partial charge in [0.1, 0.15) is 0 Å². The summed E-state index contributed by atoms with van der Waals surface area (Å²) < 4.78 is 12.4. The van der Waals surface area contributed by atoms with Gasteiger partial charge in [-0.25, -0.2) is 0 Å². The molecule has 1 heterocycles. The zero-order valence-corrected chi connectivity index (χ0v) is 11.6. The standard InChI is InChI=1S/C16H16O2S/c1-11-6-8-12(9-7-11)16(17)15-10-13-4-2-3-5-14(13)19(15)18/h2-9,15-17H,10H2,1H3/t15-,16-,19?/m0/s1. The molecule has 19 heavy (non-hydrogen) atoms. The number of fused-ring (bicyclic) bond motifs is 1. The number of rotatable bonds is 2. The first-order valence-corrected chi connectivity index (χ1v) is 7.61. The third-order valence-corrected chi connectivity index (χ3v) is 5.46.